The number of nitrogens with one attached hydrogen (secondary N) is 1. The number of para-hydroxylation sites is 1. The molecule has 1 N–H and O–H groups in total. The third-order valence-electron chi connectivity index (χ3n) is 2.84. The maximum atomic E-state index is 11.9. The number of unbranched alkanes of at least 4 members (excludes halogenated alkanes) is 1. The summed E-state index contributed by atoms with van der Waals surface area (Å²) in [6.07, 6.45) is -4.07. The molecular weight excluding hydrogens is 255 g/mol. The maximum absolute atomic E-state index is 11.9. The number of alkyl halides is 3. The van der Waals surface area contributed by atoms with Crippen LogP contribution in [0.25, 0.3) is 11.0 Å². The molecule has 0 atom stereocenters. The van der Waals surface area contributed by atoms with Crippen molar-refractivity contribution in [3.05, 3.63) is 36.1 Å². The summed E-state index contributed by atoms with van der Waals surface area (Å²) in [7, 11) is 0. The van der Waals surface area contributed by atoms with Crippen LogP contribution in [0.3, 0.4) is 0 Å². The number of fused-ring (bicyclic) bond motifs is 1. The molecule has 2 nitrogen and oxygen atoms in total. The van der Waals surface area contributed by atoms with Gasteiger partial charge in [0.25, 0.3) is 0 Å². The molecule has 0 fully saturated rings. The highest BCUT2D eigenvalue weighted by atomic mass is 19.4. The molecule has 0 spiro atoms. The first-order valence-electron chi connectivity index (χ1n) is 6.29. The Morgan fingerprint density at radius 1 is 1.11 bits per heavy atom. The lowest BCUT2D eigenvalue weighted by molar-refractivity contribution is -0.135. The zero-order chi connectivity index (χ0) is 13.7. The minimum Gasteiger partial charge on any atom is -0.460 e. The minimum absolute atomic E-state index is 0.163. The summed E-state index contributed by atoms with van der Waals surface area (Å²) in [6, 6.07) is 9.64. The lowest BCUT2D eigenvalue weighted by Gasteiger charge is -2.06. The first-order chi connectivity index (χ1) is 9.04. The number of rotatable bonds is 6. The third-order valence-corrected chi connectivity index (χ3v) is 2.84. The standard InChI is InChI=1S/C14H16F3NO/c15-14(16,17)7-3-4-8-18-10-12-9-11-5-1-2-6-13(11)19-12/h1-2,5-6,9,18H,3-4,7-8,10H2. The number of halogens is 3. The van der Waals surface area contributed by atoms with Crippen LogP contribution in [-0.4, -0.2) is 12.7 Å². The van der Waals surface area contributed by atoms with Gasteiger partial charge in [-0.2, -0.15) is 13.2 Å². The van der Waals surface area contributed by atoms with E-state index >= 15 is 0 Å². The molecule has 0 amide bonds. The zero-order valence-electron chi connectivity index (χ0n) is 10.5. The van der Waals surface area contributed by atoms with Gasteiger partial charge in [0.05, 0.1) is 6.54 Å². The van der Waals surface area contributed by atoms with Gasteiger partial charge in [0.15, 0.2) is 0 Å². The maximum Gasteiger partial charge on any atom is 0.389 e. The van der Waals surface area contributed by atoms with E-state index in [4.69, 9.17) is 4.42 Å². The second-order valence-corrected chi connectivity index (χ2v) is 4.50. The molecule has 0 radical (unpaired) electrons. The Hall–Kier alpha value is -1.49. The van der Waals surface area contributed by atoms with E-state index in [0.29, 0.717) is 19.5 Å². The molecule has 2 rings (SSSR count). The average Bonchev–Trinajstić information content (AvgIpc) is 2.74. The van der Waals surface area contributed by atoms with Crippen molar-refractivity contribution in [3.8, 4) is 0 Å². The SMILES string of the molecule is FC(F)(F)CCCCNCc1cc2ccccc2o1. The van der Waals surface area contributed by atoms with Gasteiger partial charge in [-0.1, -0.05) is 18.2 Å². The van der Waals surface area contributed by atoms with Crippen molar-refractivity contribution in [2.45, 2.75) is 32.0 Å². The highest BCUT2D eigenvalue weighted by molar-refractivity contribution is 5.77. The summed E-state index contributed by atoms with van der Waals surface area (Å²) < 4.78 is 41.3. The smallest absolute Gasteiger partial charge is 0.389 e. The van der Waals surface area contributed by atoms with Gasteiger partial charge in [-0.25, -0.2) is 0 Å². The van der Waals surface area contributed by atoms with E-state index < -0.39 is 12.6 Å². The highest BCUT2D eigenvalue weighted by Crippen LogP contribution is 2.22. The van der Waals surface area contributed by atoms with Crippen LogP contribution in [-0.2, 0) is 6.54 Å². The van der Waals surface area contributed by atoms with Crippen LogP contribution in [0, 0.1) is 0 Å². The van der Waals surface area contributed by atoms with E-state index in [1.165, 1.54) is 0 Å². The van der Waals surface area contributed by atoms with E-state index in [1.807, 2.05) is 30.3 Å². The largest absolute Gasteiger partial charge is 0.460 e. The minimum atomic E-state index is -4.04. The van der Waals surface area contributed by atoms with Gasteiger partial charge in [-0.3, -0.25) is 0 Å². The van der Waals surface area contributed by atoms with Crippen molar-refractivity contribution in [1.29, 1.82) is 0 Å². The Bertz CT molecular complexity index is 486. The van der Waals surface area contributed by atoms with Gasteiger partial charge in [-0.15, -0.1) is 0 Å². The Morgan fingerprint density at radius 3 is 2.63 bits per heavy atom. The molecule has 0 aliphatic heterocycles. The molecule has 0 unspecified atom stereocenters. The van der Waals surface area contributed by atoms with E-state index in [9.17, 15) is 13.2 Å². The predicted molar refractivity (Wildman–Crippen MR) is 67.8 cm³/mol. The summed E-state index contributed by atoms with van der Waals surface area (Å²) >= 11 is 0. The summed E-state index contributed by atoms with van der Waals surface area (Å²) in [4.78, 5) is 0. The van der Waals surface area contributed by atoms with Crippen molar-refractivity contribution >= 4 is 11.0 Å². The molecule has 1 aromatic heterocycles. The van der Waals surface area contributed by atoms with Gasteiger partial charge >= 0.3 is 6.18 Å². The van der Waals surface area contributed by atoms with Crippen molar-refractivity contribution in [1.82, 2.24) is 5.32 Å². The fourth-order valence-electron chi connectivity index (χ4n) is 1.91. The van der Waals surface area contributed by atoms with Gasteiger partial charge in [0, 0.05) is 11.8 Å². The average molecular weight is 271 g/mol. The summed E-state index contributed by atoms with van der Waals surface area (Å²) in [5.41, 5.74) is 0.830. The topological polar surface area (TPSA) is 25.2 Å². The lowest BCUT2D eigenvalue weighted by Crippen LogP contribution is -2.15. The second kappa shape index (κ2) is 6.10. The molecule has 19 heavy (non-hydrogen) atoms. The molecule has 0 bridgehead atoms. The number of benzene rings is 1. The van der Waals surface area contributed by atoms with Crippen LogP contribution >= 0.6 is 0 Å². The van der Waals surface area contributed by atoms with Crippen molar-refractivity contribution < 1.29 is 17.6 Å². The van der Waals surface area contributed by atoms with Crippen LogP contribution in [0.2, 0.25) is 0 Å². The van der Waals surface area contributed by atoms with E-state index in [2.05, 4.69) is 5.32 Å². The van der Waals surface area contributed by atoms with E-state index in [0.717, 1.165) is 16.7 Å². The molecule has 1 aromatic carbocycles. The molecule has 0 saturated carbocycles. The summed E-state index contributed by atoms with van der Waals surface area (Å²) in [5, 5.41) is 4.13. The number of hydrogen-bond acceptors (Lipinski definition) is 2. The first-order valence-corrected chi connectivity index (χ1v) is 6.29. The molecule has 0 aliphatic carbocycles. The van der Waals surface area contributed by atoms with Crippen LogP contribution in [0.4, 0.5) is 13.2 Å². The van der Waals surface area contributed by atoms with Gasteiger partial charge in [0.1, 0.15) is 11.3 Å². The molecule has 1 heterocycles. The Kier molecular flexibility index (Phi) is 4.47. The Morgan fingerprint density at radius 2 is 1.89 bits per heavy atom. The molecular formula is C14H16F3NO. The van der Waals surface area contributed by atoms with Crippen LogP contribution < -0.4 is 5.32 Å². The van der Waals surface area contributed by atoms with Crippen molar-refractivity contribution in [2.24, 2.45) is 0 Å². The lowest BCUT2D eigenvalue weighted by atomic mass is 10.2. The molecule has 5 heteroatoms. The Labute approximate surface area is 109 Å². The normalized spacial score (nSPS) is 12.2. The van der Waals surface area contributed by atoms with Gasteiger partial charge in [-0.05, 0) is 31.5 Å². The number of furan rings is 1. The van der Waals surface area contributed by atoms with Gasteiger partial charge in [0.2, 0.25) is 0 Å². The van der Waals surface area contributed by atoms with E-state index in [1.54, 1.807) is 0 Å². The monoisotopic (exact) mass is 271 g/mol. The fraction of sp³-hybridized carbons (Fsp3) is 0.429. The highest BCUT2D eigenvalue weighted by Gasteiger charge is 2.25. The zero-order valence-corrected chi connectivity index (χ0v) is 10.5. The quantitative estimate of drug-likeness (QED) is 0.794. The van der Waals surface area contributed by atoms with Crippen LogP contribution in [0.1, 0.15) is 25.0 Å². The molecule has 0 saturated heterocycles. The third kappa shape index (κ3) is 4.59. The van der Waals surface area contributed by atoms with Crippen LogP contribution in [0.15, 0.2) is 34.7 Å². The van der Waals surface area contributed by atoms with Crippen molar-refractivity contribution in [3.63, 3.8) is 0 Å². The van der Waals surface area contributed by atoms with Gasteiger partial charge < -0.3 is 9.73 Å². The van der Waals surface area contributed by atoms with E-state index in [-0.39, 0.29) is 6.42 Å². The van der Waals surface area contributed by atoms with Crippen LogP contribution in [0.5, 0.6) is 0 Å². The molecule has 2 aromatic rings. The second-order valence-electron chi connectivity index (χ2n) is 4.50. The first kappa shape index (κ1) is 13.9. The predicted octanol–water partition coefficient (Wildman–Crippen LogP) is 4.26. The Balaban J connectivity index is 1.68. The summed E-state index contributed by atoms with van der Waals surface area (Å²) in [6.45, 7) is 1.10. The number of hydrogen-bond donors (Lipinski definition) is 1. The molecule has 104 valence electrons. The summed E-state index contributed by atoms with van der Waals surface area (Å²) in [5.74, 6) is 0.803. The van der Waals surface area contributed by atoms with Crippen molar-refractivity contribution in [2.75, 3.05) is 6.54 Å². The molecule has 0 aliphatic rings. The fourth-order valence-corrected chi connectivity index (χ4v) is 1.91.